The standard InChI is InChI=1S/C33H34N3O3S/c1-36(19-11-12-20-36)22-27-23-40-32-28(34-21-24-13-5-2-6-14-24)31(37)35(32)29(27)33(38)39-30(25-15-7-3-8-16-25)26-17-9-4-10-18-26/h2-10,13-18,21,28,30,32H,11-12,19-20,22-23H2,1H3/q+1/t28-,32-/m1/s1. The first-order valence-electron chi connectivity index (χ1n) is 13.9. The first-order chi connectivity index (χ1) is 19.5. The van der Waals surface area contributed by atoms with Crippen LogP contribution in [0, 0.1) is 0 Å². The molecule has 0 unspecified atom stereocenters. The third-order valence-electron chi connectivity index (χ3n) is 8.04. The molecule has 0 saturated carbocycles. The van der Waals surface area contributed by atoms with Crippen molar-refractivity contribution in [3.05, 3.63) is 119 Å². The number of aliphatic imine (C=N–C) groups is 1. The number of benzene rings is 3. The van der Waals surface area contributed by atoms with E-state index in [1.165, 1.54) is 12.8 Å². The summed E-state index contributed by atoms with van der Waals surface area (Å²) in [5, 5.41) is -0.213. The van der Waals surface area contributed by atoms with Gasteiger partial charge >= 0.3 is 5.97 Å². The summed E-state index contributed by atoms with van der Waals surface area (Å²) in [7, 11) is 2.25. The minimum Gasteiger partial charge on any atom is -0.448 e. The van der Waals surface area contributed by atoms with Crippen molar-refractivity contribution in [1.29, 1.82) is 0 Å². The summed E-state index contributed by atoms with van der Waals surface area (Å²) in [6.45, 7) is 2.90. The maximum Gasteiger partial charge on any atom is 0.356 e. The van der Waals surface area contributed by atoms with E-state index in [9.17, 15) is 9.59 Å². The van der Waals surface area contributed by atoms with Gasteiger partial charge in [-0.3, -0.25) is 14.7 Å². The van der Waals surface area contributed by atoms with Gasteiger partial charge in [-0.25, -0.2) is 4.79 Å². The van der Waals surface area contributed by atoms with Crippen LogP contribution in [0.3, 0.4) is 0 Å². The van der Waals surface area contributed by atoms with E-state index in [1.54, 1.807) is 22.9 Å². The summed E-state index contributed by atoms with van der Waals surface area (Å²) in [4.78, 5) is 34.0. The van der Waals surface area contributed by atoms with Gasteiger partial charge < -0.3 is 9.22 Å². The quantitative estimate of drug-likeness (QED) is 0.167. The zero-order valence-electron chi connectivity index (χ0n) is 22.7. The number of β-lactam (4-membered cyclic amide) rings is 1. The molecular weight excluding hydrogens is 518 g/mol. The molecule has 0 N–H and O–H groups in total. The summed E-state index contributed by atoms with van der Waals surface area (Å²) in [6.07, 6.45) is 3.55. The Morgan fingerprint density at radius 2 is 1.55 bits per heavy atom. The molecule has 3 aliphatic rings. The van der Waals surface area contributed by atoms with Crippen molar-refractivity contribution in [3.8, 4) is 0 Å². The van der Waals surface area contributed by atoms with Crippen molar-refractivity contribution in [2.24, 2.45) is 4.99 Å². The molecule has 0 bridgehead atoms. The second kappa shape index (κ2) is 11.4. The molecule has 3 heterocycles. The Morgan fingerprint density at radius 3 is 2.15 bits per heavy atom. The lowest BCUT2D eigenvalue weighted by atomic mass is 10.0. The highest BCUT2D eigenvalue weighted by Crippen LogP contribution is 2.43. The van der Waals surface area contributed by atoms with Crippen LogP contribution in [0.25, 0.3) is 0 Å². The van der Waals surface area contributed by atoms with E-state index in [-0.39, 0.29) is 11.3 Å². The maximum atomic E-state index is 14.1. The molecule has 204 valence electrons. The van der Waals surface area contributed by atoms with Gasteiger partial charge in [0.05, 0.1) is 20.1 Å². The molecule has 2 saturated heterocycles. The highest BCUT2D eigenvalue weighted by atomic mass is 32.2. The molecule has 3 aromatic rings. The Hall–Kier alpha value is -3.68. The zero-order chi connectivity index (χ0) is 27.5. The van der Waals surface area contributed by atoms with Crippen LogP contribution < -0.4 is 0 Å². The molecular formula is C33H34N3O3S+. The van der Waals surface area contributed by atoms with Gasteiger partial charge in [-0.2, -0.15) is 0 Å². The molecule has 2 atom stereocenters. The van der Waals surface area contributed by atoms with Gasteiger partial charge in [0.2, 0.25) is 0 Å². The monoisotopic (exact) mass is 552 g/mol. The molecule has 6 nitrogen and oxygen atoms in total. The molecule has 1 amide bonds. The Balaban J connectivity index is 1.32. The molecule has 40 heavy (non-hydrogen) atoms. The van der Waals surface area contributed by atoms with Crippen molar-refractivity contribution >= 4 is 29.9 Å². The number of carbonyl (C=O) groups is 2. The second-order valence-electron chi connectivity index (χ2n) is 11.0. The number of rotatable bonds is 8. The third kappa shape index (κ3) is 5.36. The lowest BCUT2D eigenvalue weighted by Crippen LogP contribution is -2.64. The Morgan fingerprint density at radius 1 is 0.975 bits per heavy atom. The average Bonchev–Trinajstić information content (AvgIpc) is 3.43. The minimum absolute atomic E-state index is 0.145. The lowest BCUT2D eigenvalue weighted by molar-refractivity contribution is -0.893. The van der Waals surface area contributed by atoms with E-state index in [4.69, 9.17) is 4.74 Å². The van der Waals surface area contributed by atoms with E-state index < -0.39 is 18.1 Å². The molecule has 0 aromatic heterocycles. The maximum absolute atomic E-state index is 14.1. The number of quaternary nitrogens is 1. The predicted molar refractivity (Wildman–Crippen MR) is 159 cm³/mol. The SMILES string of the molecule is C[N+]1(CC2=C(C(=O)OC(c3ccccc3)c3ccccc3)N3C(=O)[C@@H](N=Cc4ccccc4)[C@H]3SC2)CCCC1. The molecule has 7 heteroatoms. The van der Waals surface area contributed by atoms with Crippen LogP contribution in [0.2, 0.25) is 0 Å². The fourth-order valence-electron chi connectivity index (χ4n) is 5.95. The number of carbonyl (C=O) groups excluding carboxylic acids is 2. The molecule has 2 fully saturated rings. The highest BCUT2D eigenvalue weighted by molar-refractivity contribution is 8.00. The van der Waals surface area contributed by atoms with E-state index >= 15 is 0 Å². The summed E-state index contributed by atoms with van der Waals surface area (Å²) >= 11 is 1.70. The van der Waals surface area contributed by atoms with Crippen molar-refractivity contribution in [1.82, 2.24) is 4.90 Å². The smallest absolute Gasteiger partial charge is 0.356 e. The average molecular weight is 553 g/mol. The largest absolute Gasteiger partial charge is 0.448 e. The summed E-state index contributed by atoms with van der Waals surface area (Å²) in [5.74, 6) is 0.0994. The summed E-state index contributed by atoms with van der Waals surface area (Å²) < 4.78 is 7.19. The first kappa shape index (κ1) is 26.5. The van der Waals surface area contributed by atoms with Crippen molar-refractivity contribution in [2.45, 2.75) is 30.4 Å². The van der Waals surface area contributed by atoms with Crippen LogP contribution in [0.4, 0.5) is 0 Å². The van der Waals surface area contributed by atoms with Crippen LogP contribution in [0.15, 0.2) is 107 Å². The molecule has 0 spiro atoms. The highest BCUT2D eigenvalue weighted by Gasteiger charge is 2.54. The molecule has 3 aliphatic heterocycles. The van der Waals surface area contributed by atoms with E-state index in [1.807, 2.05) is 91.0 Å². The van der Waals surface area contributed by atoms with Crippen LogP contribution >= 0.6 is 11.8 Å². The van der Waals surface area contributed by atoms with Crippen LogP contribution in [0.5, 0.6) is 0 Å². The number of hydrogen-bond donors (Lipinski definition) is 0. The van der Waals surface area contributed by atoms with Crippen molar-refractivity contribution in [3.63, 3.8) is 0 Å². The fourth-order valence-corrected chi connectivity index (χ4v) is 7.27. The number of hydrogen-bond acceptors (Lipinski definition) is 5. The van der Waals surface area contributed by atoms with Crippen molar-refractivity contribution in [2.75, 3.05) is 32.4 Å². The van der Waals surface area contributed by atoms with Crippen LogP contribution in [0.1, 0.15) is 35.6 Å². The number of fused-ring (bicyclic) bond motifs is 1. The third-order valence-corrected chi connectivity index (χ3v) is 9.37. The van der Waals surface area contributed by atoms with E-state index in [2.05, 4.69) is 12.0 Å². The first-order valence-corrected chi connectivity index (χ1v) is 15.0. The number of likely N-dealkylation sites (N-methyl/N-ethyl adjacent to an activating group) is 1. The van der Waals surface area contributed by atoms with E-state index in [0.717, 1.165) is 46.4 Å². The van der Waals surface area contributed by atoms with Gasteiger partial charge in [-0.1, -0.05) is 91.0 Å². The lowest BCUT2D eigenvalue weighted by Gasteiger charge is -2.48. The fraction of sp³-hybridized carbons (Fsp3) is 0.303. The molecule has 3 aromatic carbocycles. The number of nitrogens with zero attached hydrogens (tertiary/aromatic N) is 3. The second-order valence-corrected chi connectivity index (χ2v) is 12.1. The molecule has 6 rings (SSSR count). The summed E-state index contributed by atoms with van der Waals surface area (Å²) in [6, 6.07) is 28.9. The normalized spacial score (nSPS) is 21.9. The zero-order valence-corrected chi connectivity index (χ0v) is 23.5. The van der Waals surface area contributed by atoms with Gasteiger partial charge in [-0.15, -0.1) is 11.8 Å². The number of ether oxygens (including phenoxy) is 1. The van der Waals surface area contributed by atoms with Crippen LogP contribution in [-0.4, -0.2) is 71.3 Å². The molecule has 0 radical (unpaired) electrons. The number of amides is 1. The van der Waals surface area contributed by atoms with Gasteiger partial charge in [0.15, 0.2) is 12.1 Å². The molecule has 0 aliphatic carbocycles. The number of likely N-dealkylation sites (tertiary alicyclic amines) is 1. The van der Waals surface area contributed by atoms with Crippen LogP contribution in [-0.2, 0) is 14.3 Å². The Bertz CT molecular complexity index is 1380. The Kier molecular flexibility index (Phi) is 7.59. The summed E-state index contributed by atoms with van der Waals surface area (Å²) in [5.41, 5.74) is 4.15. The van der Waals surface area contributed by atoms with Gasteiger partial charge in [0.1, 0.15) is 17.6 Å². The van der Waals surface area contributed by atoms with Gasteiger partial charge in [0.25, 0.3) is 5.91 Å². The van der Waals surface area contributed by atoms with Crippen molar-refractivity contribution < 1.29 is 18.8 Å². The van der Waals surface area contributed by atoms with Gasteiger partial charge in [-0.05, 0) is 16.7 Å². The number of esters is 1. The minimum atomic E-state index is -0.573. The van der Waals surface area contributed by atoms with Gasteiger partial charge in [0, 0.05) is 30.4 Å². The topological polar surface area (TPSA) is 59.0 Å². The number of thioether (sulfide) groups is 1. The predicted octanol–water partition coefficient (Wildman–Crippen LogP) is 5.22. The van der Waals surface area contributed by atoms with E-state index in [0.29, 0.717) is 11.4 Å². The Labute approximate surface area is 239 Å².